The normalized spacial score (nSPS) is 14.4. The zero-order valence-corrected chi connectivity index (χ0v) is 9.79. The molecule has 1 rings (SSSR count). The van der Waals surface area contributed by atoms with Gasteiger partial charge in [0.1, 0.15) is 11.8 Å². The third-order valence-electron chi connectivity index (χ3n) is 2.37. The van der Waals surface area contributed by atoms with Gasteiger partial charge in [0.05, 0.1) is 12.1 Å². The second-order valence-electron chi connectivity index (χ2n) is 4.23. The van der Waals surface area contributed by atoms with Crippen molar-refractivity contribution in [2.24, 2.45) is 0 Å². The van der Waals surface area contributed by atoms with Crippen molar-refractivity contribution in [2.75, 3.05) is 6.54 Å². The molecule has 1 unspecified atom stereocenters. The summed E-state index contributed by atoms with van der Waals surface area (Å²) < 4.78 is 5.20. The van der Waals surface area contributed by atoms with Gasteiger partial charge in [0.15, 0.2) is 0 Å². The lowest BCUT2D eigenvalue weighted by atomic mass is 10.0. The number of nitriles is 1. The summed E-state index contributed by atoms with van der Waals surface area (Å²) in [6, 6.07) is 5.33. The fourth-order valence-corrected chi connectivity index (χ4v) is 1.61. The molecule has 16 heavy (non-hydrogen) atoms. The van der Waals surface area contributed by atoms with Gasteiger partial charge in [0.25, 0.3) is 0 Å². The van der Waals surface area contributed by atoms with Crippen LogP contribution in [0.1, 0.15) is 38.2 Å². The minimum absolute atomic E-state index is 0.317. The van der Waals surface area contributed by atoms with Gasteiger partial charge in [-0.2, -0.15) is 5.26 Å². The molecule has 2 N–H and O–H groups in total. The summed E-state index contributed by atoms with van der Waals surface area (Å²) in [4.78, 5) is 0. The first-order valence-electron chi connectivity index (χ1n) is 5.49. The maximum absolute atomic E-state index is 9.90. The fraction of sp³-hybridized carbons (Fsp3) is 0.583. The Hall–Kier alpha value is -1.31. The lowest BCUT2D eigenvalue weighted by molar-refractivity contribution is 0.0494. The van der Waals surface area contributed by atoms with Gasteiger partial charge in [0, 0.05) is 6.54 Å². The van der Waals surface area contributed by atoms with Crippen LogP contribution in [0.15, 0.2) is 16.5 Å². The van der Waals surface area contributed by atoms with Crippen LogP contribution in [0.5, 0.6) is 0 Å². The highest BCUT2D eigenvalue weighted by molar-refractivity contribution is 5.18. The average molecular weight is 222 g/mol. The van der Waals surface area contributed by atoms with Crippen LogP contribution >= 0.6 is 0 Å². The molecule has 4 nitrogen and oxygen atoms in total. The molecule has 4 heteroatoms. The monoisotopic (exact) mass is 222 g/mol. The van der Waals surface area contributed by atoms with Gasteiger partial charge in [-0.15, -0.1) is 0 Å². The van der Waals surface area contributed by atoms with Crippen molar-refractivity contribution in [3.05, 3.63) is 23.7 Å². The highest BCUT2D eigenvalue weighted by Crippen LogP contribution is 2.11. The highest BCUT2D eigenvalue weighted by atomic mass is 16.3. The van der Waals surface area contributed by atoms with Crippen molar-refractivity contribution in [2.45, 2.75) is 38.8 Å². The largest absolute Gasteiger partial charge is 0.449 e. The Morgan fingerprint density at radius 2 is 2.31 bits per heavy atom. The molecular weight excluding hydrogens is 204 g/mol. The van der Waals surface area contributed by atoms with Crippen LogP contribution < -0.4 is 5.32 Å². The van der Waals surface area contributed by atoms with E-state index in [1.165, 1.54) is 0 Å². The van der Waals surface area contributed by atoms with Crippen LogP contribution in [0.4, 0.5) is 0 Å². The number of aliphatic hydroxyl groups is 1. The van der Waals surface area contributed by atoms with Crippen molar-refractivity contribution in [1.82, 2.24) is 5.32 Å². The molecule has 0 radical (unpaired) electrons. The first kappa shape index (κ1) is 12.8. The molecule has 0 spiro atoms. The van der Waals surface area contributed by atoms with E-state index in [-0.39, 0.29) is 0 Å². The molecule has 0 aliphatic heterocycles. The molecule has 0 saturated carbocycles. The summed E-state index contributed by atoms with van der Waals surface area (Å²) in [6.45, 7) is 4.90. The third-order valence-corrected chi connectivity index (χ3v) is 2.37. The summed E-state index contributed by atoms with van der Waals surface area (Å²) in [5.74, 6) is 1.03. The van der Waals surface area contributed by atoms with Crippen molar-refractivity contribution < 1.29 is 9.52 Å². The van der Waals surface area contributed by atoms with Gasteiger partial charge in [-0.3, -0.25) is 0 Å². The van der Waals surface area contributed by atoms with Gasteiger partial charge in [-0.25, -0.2) is 0 Å². The second kappa shape index (κ2) is 5.69. The molecule has 1 aromatic heterocycles. The van der Waals surface area contributed by atoms with Crippen LogP contribution in [0.25, 0.3) is 0 Å². The minimum atomic E-state index is -0.681. The number of nitrogens with one attached hydrogen (secondary N) is 1. The van der Waals surface area contributed by atoms with E-state index in [4.69, 9.17) is 9.68 Å². The fourth-order valence-electron chi connectivity index (χ4n) is 1.61. The Bertz CT molecular complexity index is 363. The summed E-state index contributed by atoms with van der Waals surface area (Å²) in [5, 5.41) is 21.6. The van der Waals surface area contributed by atoms with Crippen LogP contribution in [0, 0.1) is 11.3 Å². The predicted octanol–water partition coefficient (Wildman–Crippen LogP) is 1.79. The molecule has 1 heterocycles. The Balaban J connectivity index is 2.33. The van der Waals surface area contributed by atoms with E-state index in [2.05, 4.69) is 5.32 Å². The SMILES string of the molecule is CCCC(C)(O)CNCc1ccc(C#N)o1. The Labute approximate surface area is 95.9 Å². The van der Waals surface area contributed by atoms with Crippen molar-refractivity contribution in [3.8, 4) is 6.07 Å². The summed E-state index contributed by atoms with van der Waals surface area (Å²) >= 11 is 0. The van der Waals surface area contributed by atoms with Gasteiger partial charge in [-0.1, -0.05) is 13.3 Å². The summed E-state index contributed by atoms with van der Waals surface area (Å²) in [7, 11) is 0. The van der Waals surface area contributed by atoms with Crippen LogP contribution in [-0.4, -0.2) is 17.3 Å². The van der Waals surface area contributed by atoms with Crippen molar-refractivity contribution in [1.29, 1.82) is 5.26 Å². The van der Waals surface area contributed by atoms with Crippen molar-refractivity contribution >= 4 is 0 Å². The van der Waals surface area contributed by atoms with E-state index in [1.807, 2.05) is 19.9 Å². The molecule has 88 valence electrons. The second-order valence-corrected chi connectivity index (χ2v) is 4.23. The van der Waals surface area contributed by atoms with E-state index >= 15 is 0 Å². The molecule has 0 aliphatic rings. The molecule has 0 amide bonds. The van der Waals surface area contributed by atoms with Crippen molar-refractivity contribution in [3.63, 3.8) is 0 Å². The predicted molar refractivity (Wildman–Crippen MR) is 60.7 cm³/mol. The Morgan fingerprint density at radius 1 is 1.56 bits per heavy atom. The number of nitrogens with zero attached hydrogens (tertiary/aromatic N) is 1. The summed E-state index contributed by atoms with van der Waals surface area (Å²) in [5.41, 5.74) is -0.681. The average Bonchev–Trinajstić information content (AvgIpc) is 2.65. The van der Waals surface area contributed by atoms with Gasteiger partial charge in [-0.05, 0) is 25.5 Å². The number of rotatable bonds is 6. The zero-order chi connectivity index (χ0) is 12.0. The maximum atomic E-state index is 9.90. The topological polar surface area (TPSA) is 69.2 Å². The lowest BCUT2D eigenvalue weighted by Gasteiger charge is -2.22. The molecular formula is C12H18N2O2. The van der Waals surface area contributed by atoms with E-state index in [0.29, 0.717) is 24.6 Å². The molecule has 1 aromatic rings. The van der Waals surface area contributed by atoms with E-state index in [0.717, 1.165) is 12.8 Å². The summed E-state index contributed by atoms with van der Waals surface area (Å²) in [6.07, 6.45) is 1.72. The standard InChI is InChI=1S/C12H18N2O2/c1-3-6-12(2,15)9-14-8-11-5-4-10(7-13)16-11/h4-5,14-15H,3,6,8-9H2,1-2H3. The van der Waals surface area contributed by atoms with Crippen LogP contribution in [0.3, 0.4) is 0 Å². The Morgan fingerprint density at radius 3 is 2.88 bits per heavy atom. The van der Waals surface area contributed by atoms with Crippen LogP contribution in [-0.2, 0) is 6.54 Å². The molecule has 1 atom stereocenters. The highest BCUT2D eigenvalue weighted by Gasteiger charge is 2.18. The molecule has 0 aromatic carbocycles. The number of hydrogen-bond donors (Lipinski definition) is 2. The maximum Gasteiger partial charge on any atom is 0.203 e. The number of hydrogen-bond acceptors (Lipinski definition) is 4. The first-order valence-corrected chi connectivity index (χ1v) is 5.49. The van der Waals surface area contributed by atoms with Gasteiger partial charge < -0.3 is 14.8 Å². The molecule has 0 fully saturated rings. The molecule has 0 aliphatic carbocycles. The van der Waals surface area contributed by atoms with Gasteiger partial charge >= 0.3 is 0 Å². The Kier molecular flexibility index (Phi) is 4.53. The van der Waals surface area contributed by atoms with E-state index in [1.54, 1.807) is 12.1 Å². The molecule has 0 saturated heterocycles. The minimum Gasteiger partial charge on any atom is -0.449 e. The quantitative estimate of drug-likeness (QED) is 0.770. The smallest absolute Gasteiger partial charge is 0.203 e. The van der Waals surface area contributed by atoms with Crippen LogP contribution in [0.2, 0.25) is 0 Å². The van der Waals surface area contributed by atoms with E-state index in [9.17, 15) is 5.11 Å². The van der Waals surface area contributed by atoms with Gasteiger partial charge in [0.2, 0.25) is 5.76 Å². The first-order chi connectivity index (χ1) is 7.57. The third kappa shape index (κ3) is 4.05. The lowest BCUT2D eigenvalue weighted by Crippen LogP contribution is -2.37. The zero-order valence-electron chi connectivity index (χ0n) is 9.79. The number of furan rings is 1. The van der Waals surface area contributed by atoms with E-state index < -0.39 is 5.60 Å². The molecule has 0 bridgehead atoms.